The van der Waals surface area contributed by atoms with E-state index in [0.717, 1.165) is 23.8 Å². The van der Waals surface area contributed by atoms with Crippen LogP contribution in [0.25, 0.3) is 15.5 Å². The molecule has 0 unspecified atom stereocenters. The first kappa shape index (κ1) is 13.5. The molecule has 104 valence electrons. The quantitative estimate of drug-likeness (QED) is 0.675. The van der Waals surface area contributed by atoms with E-state index in [1.54, 1.807) is 34.5 Å². The zero-order valence-electron chi connectivity index (χ0n) is 10.9. The molecule has 0 fully saturated rings. The molecule has 3 rings (SSSR count). The third kappa shape index (κ3) is 2.55. The number of benzene rings is 1. The van der Waals surface area contributed by atoms with Crippen molar-refractivity contribution in [3.63, 3.8) is 0 Å². The van der Waals surface area contributed by atoms with E-state index in [9.17, 15) is 4.39 Å². The lowest BCUT2D eigenvalue weighted by atomic mass is 10.2. The van der Waals surface area contributed by atoms with Gasteiger partial charge in [0.2, 0.25) is 4.96 Å². The van der Waals surface area contributed by atoms with Crippen LogP contribution in [0.3, 0.4) is 0 Å². The molecule has 0 atom stereocenters. The first-order valence-corrected chi connectivity index (χ1v) is 8.30. The molecule has 4 nitrogen and oxygen atoms in total. The number of nitrogens with zero attached hydrogens (tertiary/aromatic N) is 4. The average molecular weight is 308 g/mol. The van der Waals surface area contributed by atoms with Crippen molar-refractivity contribution < 1.29 is 4.39 Å². The van der Waals surface area contributed by atoms with Gasteiger partial charge in [0.25, 0.3) is 0 Å². The molecule has 3 aromatic rings. The Balaban J connectivity index is 1.93. The van der Waals surface area contributed by atoms with Crippen molar-refractivity contribution in [3.8, 4) is 10.6 Å². The van der Waals surface area contributed by atoms with Crippen LogP contribution < -0.4 is 0 Å². The second-order valence-corrected chi connectivity index (χ2v) is 6.31. The maximum atomic E-state index is 13.8. The highest BCUT2D eigenvalue weighted by Gasteiger charge is 2.14. The minimum absolute atomic E-state index is 0.264. The molecule has 7 heteroatoms. The molecule has 0 spiro atoms. The highest BCUT2D eigenvalue weighted by molar-refractivity contribution is 7.98. The average Bonchev–Trinajstić information content (AvgIpc) is 3.01. The van der Waals surface area contributed by atoms with Crippen LogP contribution in [-0.4, -0.2) is 25.6 Å². The summed E-state index contributed by atoms with van der Waals surface area (Å²) in [5, 5.41) is 13.3. The van der Waals surface area contributed by atoms with Crippen molar-refractivity contribution in [2.24, 2.45) is 0 Å². The number of thioether (sulfide) groups is 1. The van der Waals surface area contributed by atoms with E-state index in [1.807, 2.05) is 0 Å². The zero-order chi connectivity index (χ0) is 13.9. The number of rotatable bonds is 5. The molecule has 0 saturated heterocycles. The Hall–Kier alpha value is -1.47. The maximum absolute atomic E-state index is 13.8. The minimum atomic E-state index is -0.264. The van der Waals surface area contributed by atoms with Gasteiger partial charge in [0.1, 0.15) is 5.82 Å². The van der Waals surface area contributed by atoms with Crippen molar-refractivity contribution in [1.82, 2.24) is 19.8 Å². The SMILES string of the molecule is CCCSCc1nnc2sc(-c3ccccc3F)nn12. The van der Waals surface area contributed by atoms with Crippen LogP contribution in [-0.2, 0) is 5.75 Å². The maximum Gasteiger partial charge on any atom is 0.235 e. The van der Waals surface area contributed by atoms with Gasteiger partial charge in [-0.15, -0.1) is 10.2 Å². The number of aromatic nitrogens is 4. The summed E-state index contributed by atoms with van der Waals surface area (Å²) in [5.41, 5.74) is 0.509. The van der Waals surface area contributed by atoms with Gasteiger partial charge in [-0.05, 0) is 24.3 Å². The van der Waals surface area contributed by atoms with E-state index < -0.39 is 0 Å². The molecular weight excluding hydrogens is 295 g/mol. The molecule has 0 amide bonds. The van der Waals surface area contributed by atoms with Crippen molar-refractivity contribution in [2.45, 2.75) is 19.1 Å². The summed E-state index contributed by atoms with van der Waals surface area (Å²) >= 11 is 3.15. The predicted molar refractivity (Wildman–Crippen MR) is 80.5 cm³/mol. The van der Waals surface area contributed by atoms with Gasteiger partial charge >= 0.3 is 0 Å². The van der Waals surface area contributed by atoms with E-state index in [1.165, 1.54) is 17.4 Å². The van der Waals surface area contributed by atoms with E-state index >= 15 is 0 Å². The fourth-order valence-corrected chi connectivity index (χ4v) is 3.48. The molecule has 0 aliphatic carbocycles. The molecule has 0 aliphatic heterocycles. The van der Waals surface area contributed by atoms with Gasteiger partial charge < -0.3 is 0 Å². The number of fused-ring (bicyclic) bond motifs is 1. The molecule has 0 N–H and O–H groups in total. The molecule has 0 saturated carbocycles. The molecule has 1 aromatic carbocycles. The summed E-state index contributed by atoms with van der Waals surface area (Å²) in [6.45, 7) is 2.14. The van der Waals surface area contributed by atoms with Crippen LogP contribution in [0.15, 0.2) is 24.3 Å². The molecular formula is C13H13FN4S2. The fraction of sp³-hybridized carbons (Fsp3) is 0.308. The fourth-order valence-electron chi connectivity index (χ4n) is 1.80. The van der Waals surface area contributed by atoms with Crippen LogP contribution in [0.4, 0.5) is 4.39 Å². The Bertz CT molecular complexity index is 722. The largest absolute Gasteiger partial charge is 0.235 e. The summed E-state index contributed by atoms with van der Waals surface area (Å²) in [7, 11) is 0. The van der Waals surface area contributed by atoms with Gasteiger partial charge in [-0.2, -0.15) is 21.4 Å². The van der Waals surface area contributed by atoms with Crippen LogP contribution in [0.5, 0.6) is 0 Å². The Morgan fingerprint density at radius 1 is 1.30 bits per heavy atom. The summed E-state index contributed by atoms with van der Waals surface area (Å²) in [6, 6.07) is 6.65. The van der Waals surface area contributed by atoms with E-state index in [-0.39, 0.29) is 5.82 Å². The standard InChI is InChI=1S/C13H13FN4S2/c1-2-7-19-8-11-15-16-13-18(11)17-12(20-13)9-5-3-4-6-10(9)14/h3-6H,2,7-8H2,1H3. The van der Waals surface area contributed by atoms with E-state index in [4.69, 9.17) is 0 Å². The normalized spacial score (nSPS) is 11.3. The van der Waals surface area contributed by atoms with E-state index in [0.29, 0.717) is 15.5 Å². The Kier molecular flexibility index (Phi) is 3.98. The van der Waals surface area contributed by atoms with E-state index in [2.05, 4.69) is 22.2 Å². The number of hydrogen-bond donors (Lipinski definition) is 0. The summed E-state index contributed by atoms with van der Waals surface area (Å²) in [5.74, 6) is 2.41. The Labute approximate surface area is 124 Å². The monoisotopic (exact) mass is 308 g/mol. The summed E-state index contributed by atoms with van der Waals surface area (Å²) in [4.78, 5) is 0.704. The van der Waals surface area contributed by atoms with Crippen molar-refractivity contribution in [2.75, 3.05) is 5.75 Å². The molecule has 0 radical (unpaired) electrons. The highest BCUT2D eigenvalue weighted by atomic mass is 32.2. The van der Waals surface area contributed by atoms with Gasteiger partial charge in [0.15, 0.2) is 10.8 Å². The van der Waals surface area contributed by atoms with Gasteiger partial charge in [-0.25, -0.2) is 4.39 Å². The molecule has 2 aromatic heterocycles. The first-order valence-electron chi connectivity index (χ1n) is 6.33. The summed E-state index contributed by atoms with van der Waals surface area (Å²) < 4.78 is 15.5. The first-order chi connectivity index (χ1) is 9.79. The minimum Gasteiger partial charge on any atom is -0.206 e. The Morgan fingerprint density at radius 3 is 2.95 bits per heavy atom. The van der Waals surface area contributed by atoms with Crippen molar-refractivity contribution in [3.05, 3.63) is 35.9 Å². The second-order valence-electron chi connectivity index (χ2n) is 4.25. The molecule has 20 heavy (non-hydrogen) atoms. The highest BCUT2D eigenvalue weighted by Crippen LogP contribution is 2.28. The van der Waals surface area contributed by atoms with Gasteiger partial charge in [0, 0.05) is 5.56 Å². The van der Waals surface area contributed by atoms with Crippen LogP contribution >= 0.6 is 23.1 Å². The smallest absolute Gasteiger partial charge is 0.206 e. The van der Waals surface area contributed by atoms with Gasteiger partial charge in [0.05, 0.1) is 5.75 Å². The topological polar surface area (TPSA) is 43.1 Å². The van der Waals surface area contributed by atoms with Crippen LogP contribution in [0, 0.1) is 5.82 Å². The van der Waals surface area contributed by atoms with Gasteiger partial charge in [-0.1, -0.05) is 30.4 Å². The van der Waals surface area contributed by atoms with Gasteiger partial charge in [-0.3, -0.25) is 0 Å². The predicted octanol–water partition coefficient (Wildman–Crippen LogP) is 3.64. The lowest BCUT2D eigenvalue weighted by Gasteiger charge is -1.97. The summed E-state index contributed by atoms with van der Waals surface area (Å²) in [6.07, 6.45) is 1.13. The number of halogens is 1. The molecule has 0 aliphatic rings. The molecule has 2 heterocycles. The second kappa shape index (κ2) is 5.88. The third-order valence-electron chi connectivity index (χ3n) is 2.74. The van der Waals surface area contributed by atoms with Crippen LogP contribution in [0.1, 0.15) is 19.2 Å². The number of hydrogen-bond acceptors (Lipinski definition) is 5. The van der Waals surface area contributed by atoms with Crippen molar-refractivity contribution in [1.29, 1.82) is 0 Å². The Morgan fingerprint density at radius 2 is 2.15 bits per heavy atom. The van der Waals surface area contributed by atoms with Crippen LogP contribution in [0.2, 0.25) is 0 Å². The van der Waals surface area contributed by atoms with Crippen molar-refractivity contribution >= 4 is 28.1 Å². The lowest BCUT2D eigenvalue weighted by molar-refractivity contribution is 0.630. The zero-order valence-corrected chi connectivity index (χ0v) is 12.5. The molecule has 0 bridgehead atoms. The lowest BCUT2D eigenvalue weighted by Crippen LogP contribution is -1.95. The third-order valence-corrected chi connectivity index (χ3v) is 4.83.